The Labute approximate surface area is 100.0 Å². The number of nitrogens with zero attached hydrogens (tertiary/aromatic N) is 2. The van der Waals surface area contributed by atoms with E-state index in [-0.39, 0.29) is 0 Å². The van der Waals surface area contributed by atoms with E-state index in [1.165, 1.54) is 51.9 Å². The highest BCUT2D eigenvalue weighted by Gasteiger charge is 2.25. The molecule has 0 amide bonds. The molecule has 2 aliphatic heterocycles. The van der Waals surface area contributed by atoms with Crippen LogP contribution >= 0.6 is 0 Å². The van der Waals surface area contributed by atoms with E-state index in [4.69, 9.17) is 5.73 Å². The normalized spacial score (nSPS) is 30.0. The molecule has 0 saturated carbocycles. The largest absolute Gasteiger partial charge is 0.329 e. The summed E-state index contributed by atoms with van der Waals surface area (Å²) in [6.07, 6.45) is 5.71. The van der Waals surface area contributed by atoms with E-state index in [2.05, 4.69) is 16.8 Å². The van der Waals surface area contributed by atoms with Crippen LogP contribution in [0.15, 0.2) is 0 Å². The second kappa shape index (κ2) is 5.99. The van der Waals surface area contributed by atoms with Crippen molar-refractivity contribution in [1.29, 1.82) is 0 Å². The van der Waals surface area contributed by atoms with Crippen molar-refractivity contribution < 1.29 is 0 Å². The van der Waals surface area contributed by atoms with Crippen molar-refractivity contribution in [2.24, 2.45) is 17.6 Å². The predicted octanol–water partition coefficient (Wildman–Crippen LogP) is 0.999. The maximum Gasteiger partial charge on any atom is 0.0105 e. The second-order valence-electron chi connectivity index (χ2n) is 5.73. The Balaban J connectivity index is 1.65. The van der Waals surface area contributed by atoms with E-state index in [9.17, 15) is 0 Å². The highest BCUT2D eigenvalue weighted by Crippen LogP contribution is 2.28. The molecule has 0 aliphatic carbocycles. The third kappa shape index (κ3) is 3.44. The molecule has 2 rings (SSSR count). The van der Waals surface area contributed by atoms with Crippen molar-refractivity contribution in [3.05, 3.63) is 0 Å². The Kier molecular flexibility index (Phi) is 4.62. The number of nitrogens with two attached hydrogens (primary N) is 1. The lowest BCUT2D eigenvalue weighted by Crippen LogP contribution is -2.37. The molecule has 0 aromatic heterocycles. The first-order valence-corrected chi connectivity index (χ1v) is 6.89. The monoisotopic (exact) mass is 225 g/mol. The molecule has 2 N–H and O–H groups in total. The minimum Gasteiger partial charge on any atom is -0.329 e. The van der Waals surface area contributed by atoms with Gasteiger partial charge < -0.3 is 15.5 Å². The molecule has 0 aromatic carbocycles. The number of hydrogen-bond acceptors (Lipinski definition) is 3. The molecular formula is C13H27N3. The topological polar surface area (TPSA) is 32.5 Å². The Morgan fingerprint density at radius 3 is 2.31 bits per heavy atom. The van der Waals surface area contributed by atoms with Gasteiger partial charge in [-0.25, -0.2) is 0 Å². The minimum absolute atomic E-state index is 0.818. The Hall–Kier alpha value is -0.120. The molecule has 3 nitrogen and oxygen atoms in total. The molecule has 0 spiro atoms. The van der Waals surface area contributed by atoms with Gasteiger partial charge in [0.1, 0.15) is 0 Å². The lowest BCUT2D eigenvalue weighted by molar-refractivity contribution is 0.171. The van der Waals surface area contributed by atoms with Gasteiger partial charge in [-0.3, -0.25) is 0 Å². The van der Waals surface area contributed by atoms with Crippen molar-refractivity contribution >= 4 is 0 Å². The number of rotatable bonds is 4. The fraction of sp³-hybridized carbons (Fsp3) is 1.00. The molecule has 0 radical (unpaired) electrons. The molecule has 1 atom stereocenters. The van der Waals surface area contributed by atoms with Crippen LogP contribution in [-0.4, -0.2) is 56.1 Å². The Morgan fingerprint density at radius 2 is 1.75 bits per heavy atom. The second-order valence-corrected chi connectivity index (χ2v) is 5.73. The lowest BCUT2D eigenvalue weighted by atomic mass is 9.87. The summed E-state index contributed by atoms with van der Waals surface area (Å²) >= 11 is 0. The molecule has 0 aromatic rings. The van der Waals surface area contributed by atoms with Crippen LogP contribution in [0.3, 0.4) is 0 Å². The summed E-state index contributed by atoms with van der Waals surface area (Å²) in [7, 11) is 2.25. The fourth-order valence-corrected chi connectivity index (χ4v) is 3.32. The van der Waals surface area contributed by atoms with Crippen molar-refractivity contribution in [1.82, 2.24) is 9.80 Å². The highest BCUT2D eigenvalue weighted by atomic mass is 15.1. The standard InChI is InChI=1S/C13H27N3/c1-15-6-2-13(11-15)10-12-3-7-16(8-4-12)9-5-14/h12-13H,2-11,14H2,1H3. The molecule has 2 saturated heterocycles. The summed E-state index contributed by atoms with van der Waals surface area (Å²) in [5, 5.41) is 0. The van der Waals surface area contributed by atoms with Crippen molar-refractivity contribution in [2.75, 3.05) is 46.3 Å². The van der Waals surface area contributed by atoms with Gasteiger partial charge in [-0.2, -0.15) is 0 Å². The third-order valence-electron chi connectivity index (χ3n) is 4.31. The maximum atomic E-state index is 5.59. The van der Waals surface area contributed by atoms with Gasteiger partial charge in [0.15, 0.2) is 0 Å². The molecular weight excluding hydrogens is 198 g/mol. The molecule has 2 heterocycles. The van der Waals surface area contributed by atoms with Gasteiger partial charge in [0, 0.05) is 19.6 Å². The molecule has 2 fully saturated rings. The van der Waals surface area contributed by atoms with Crippen LogP contribution < -0.4 is 5.73 Å². The van der Waals surface area contributed by atoms with E-state index < -0.39 is 0 Å². The van der Waals surface area contributed by atoms with Gasteiger partial charge in [0.05, 0.1) is 0 Å². The molecule has 0 bridgehead atoms. The van der Waals surface area contributed by atoms with E-state index >= 15 is 0 Å². The predicted molar refractivity (Wildman–Crippen MR) is 68.4 cm³/mol. The third-order valence-corrected chi connectivity index (χ3v) is 4.31. The van der Waals surface area contributed by atoms with Crippen LogP contribution in [0.5, 0.6) is 0 Å². The number of likely N-dealkylation sites (tertiary alicyclic amines) is 2. The summed E-state index contributed by atoms with van der Waals surface area (Å²) in [4.78, 5) is 5.01. The van der Waals surface area contributed by atoms with E-state index in [0.717, 1.165) is 24.9 Å². The first-order valence-electron chi connectivity index (χ1n) is 6.89. The van der Waals surface area contributed by atoms with Crippen molar-refractivity contribution in [3.8, 4) is 0 Å². The average Bonchev–Trinajstić information content (AvgIpc) is 2.67. The van der Waals surface area contributed by atoms with Gasteiger partial charge in [-0.05, 0) is 64.2 Å². The van der Waals surface area contributed by atoms with Gasteiger partial charge >= 0.3 is 0 Å². The van der Waals surface area contributed by atoms with Crippen LogP contribution in [0, 0.1) is 11.8 Å². The Bertz CT molecular complexity index is 199. The summed E-state index contributed by atoms with van der Waals surface area (Å²) in [6, 6.07) is 0. The highest BCUT2D eigenvalue weighted by molar-refractivity contribution is 4.79. The summed E-state index contributed by atoms with van der Waals surface area (Å²) in [5.74, 6) is 1.97. The quantitative estimate of drug-likeness (QED) is 0.775. The van der Waals surface area contributed by atoms with E-state index in [1.54, 1.807) is 0 Å². The average molecular weight is 225 g/mol. The van der Waals surface area contributed by atoms with Gasteiger partial charge in [0.25, 0.3) is 0 Å². The van der Waals surface area contributed by atoms with Crippen LogP contribution in [0.1, 0.15) is 25.7 Å². The smallest absolute Gasteiger partial charge is 0.0105 e. The number of piperidine rings is 1. The zero-order valence-corrected chi connectivity index (χ0v) is 10.7. The van der Waals surface area contributed by atoms with Gasteiger partial charge in [-0.1, -0.05) is 0 Å². The summed E-state index contributed by atoms with van der Waals surface area (Å²) in [5.41, 5.74) is 5.59. The van der Waals surface area contributed by atoms with Crippen LogP contribution in [0.4, 0.5) is 0 Å². The Morgan fingerprint density at radius 1 is 1.06 bits per heavy atom. The first-order chi connectivity index (χ1) is 7.78. The van der Waals surface area contributed by atoms with Crippen LogP contribution in [0.2, 0.25) is 0 Å². The van der Waals surface area contributed by atoms with E-state index in [0.29, 0.717) is 0 Å². The van der Waals surface area contributed by atoms with Crippen molar-refractivity contribution in [3.63, 3.8) is 0 Å². The van der Waals surface area contributed by atoms with Gasteiger partial charge in [-0.15, -0.1) is 0 Å². The van der Waals surface area contributed by atoms with E-state index in [1.807, 2.05) is 0 Å². The minimum atomic E-state index is 0.818. The van der Waals surface area contributed by atoms with Crippen LogP contribution in [0.25, 0.3) is 0 Å². The van der Waals surface area contributed by atoms with Gasteiger partial charge in [0.2, 0.25) is 0 Å². The molecule has 16 heavy (non-hydrogen) atoms. The summed E-state index contributed by atoms with van der Waals surface area (Å²) < 4.78 is 0. The zero-order valence-electron chi connectivity index (χ0n) is 10.7. The number of hydrogen-bond donors (Lipinski definition) is 1. The molecule has 2 aliphatic rings. The lowest BCUT2D eigenvalue weighted by Gasteiger charge is -2.32. The van der Waals surface area contributed by atoms with Crippen LogP contribution in [-0.2, 0) is 0 Å². The molecule has 3 heteroatoms. The van der Waals surface area contributed by atoms with Crippen molar-refractivity contribution in [2.45, 2.75) is 25.7 Å². The SMILES string of the molecule is CN1CCC(CC2CCN(CCN)CC2)C1. The fourth-order valence-electron chi connectivity index (χ4n) is 3.32. The molecule has 94 valence electrons. The molecule has 1 unspecified atom stereocenters. The summed E-state index contributed by atoms with van der Waals surface area (Å²) in [6.45, 7) is 7.13. The first kappa shape index (κ1) is 12.3. The zero-order chi connectivity index (χ0) is 11.4. The maximum absolute atomic E-state index is 5.59.